The maximum absolute atomic E-state index is 3.79. The number of thiophene rings is 1. The van der Waals surface area contributed by atoms with Gasteiger partial charge in [0.2, 0.25) is 0 Å². The number of fused-ring (bicyclic) bond motifs is 3. The van der Waals surface area contributed by atoms with Crippen molar-refractivity contribution >= 4 is 11.3 Å². The van der Waals surface area contributed by atoms with E-state index < -0.39 is 0 Å². The second kappa shape index (κ2) is 4.75. The average Bonchev–Trinajstić information content (AvgIpc) is 3.14. The van der Waals surface area contributed by atoms with Gasteiger partial charge in [0.25, 0.3) is 0 Å². The van der Waals surface area contributed by atoms with Gasteiger partial charge in [0.1, 0.15) is 0 Å². The lowest BCUT2D eigenvalue weighted by Crippen LogP contribution is -2.34. The van der Waals surface area contributed by atoms with Gasteiger partial charge in [-0.1, -0.05) is 12.2 Å². The maximum Gasteiger partial charge on any atom is 0.0302 e. The second-order valence-electron chi connectivity index (χ2n) is 6.63. The molecule has 1 N–H and O–H groups in total. The molecule has 0 aromatic carbocycles. The number of hydrogen-bond acceptors (Lipinski definition) is 2. The number of allylic oxidation sites excluding steroid dienone is 2. The lowest BCUT2D eigenvalue weighted by molar-refractivity contribution is 0.327. The molecule has 2 bridgehead atoms. The van der Waals surface area contributed by atoms with Crippen LogP contribution in [0.3, 0.4) is 0 Å². The summed E-state index contributed by atoms with van der Waals surface area (Å²) in [7, 11) is 0. The molecule has 1 aromatic rings. The molecule has 4 atom stereocenters. The lowest BCUT2D eigenvalue weighted by Gasteiger charge is -2.26. The molecule has 1 heterocycles. The monoisotopic (exact) mass is 273 g/mol. The molecule has 0 saturated heterocycles. The standard InChI is InChI=1S/C17H23NS/c1-11(16-8-12-5-6-13(16)7-12)18-10-15-9-14-3-2-4-17(14)19-15/h5-6,9,11-13,16,18H,2-4,7-8,10H2,1H3. The summed E-state index contributed by atoms with van der Waals surface area (Å²) < 4.78 is 0. The van der Waals surface area contributed by atoms with Crippen LogP contribution in [0, 0.1) is 17.8 Å². The molecular formula is C17H23NS. The highest BCUT2D eigenvalue weighted by molar-refractivity contribution is 7.12. The van der Waals surface area contributed by atoms with E-state index in [4.69, 9.17) is 0 Å². The predicted octanol–water partition coefficient (Wildman–Crippen LogP) is 3.93. The molecule has 1 saturated carbocycles. The van der Waals surface area contributed by atoms with E-state index >= 15 is 0 Å². The van der Waals surface area contributed by atoms with Crippen LogP contribution >= 0.6 is 11.3 Å². The second-order valence-corrected chi connectivity index (χ2v) is 7.85. The molecule has 1 aromatic heterocycles. The van der Waals surface area contributed by atoms with E-state index in [0.29, 0.717) is 6.04 Å². The van der Waals surface area contributed by atoms with Gasteiger partial charge in [0.05, 0.1) is 0 Å². The fraction of sp³-hybridized carbons (Fsp3) is 0.647. The first kappa shape index (κ1) is 12.2. The quantitative estimate of drug-likeness (QED) is 0.820. The third-order valence-corrected chi connectivity index (χ3v) is 6.61. The van der Waals surface area contributed by atoms with Crippen LogP contribution in [-0.2, 0) is 19.4 Å². The molecule has 1 fully saturated rings. The molecule has 3 aliphatic rings. The Morgan fingerprint density at radius 2 is 2.26 bits per heavy atom. The normalized spacial score (nSPS) is 33.0. The zero-order valence-electron chi connectivity index (χ0n) is 11.7. The Bertz CT molecular complexity index is 480. The van der Waals surface area contributed by atoms with Crippen LogP contribution in [0.5, 0.6) is 0 Å². The molecule has 0 aliphatic heterocycles. The van der Waals surface area contributed by atoms with Crippen molar-refractivity contribution in [2.45, 2.75) is 51.6 Å². The molecule has 0 spiro atoms. The number of aryl methyl sites for hydroxylation is 2. The summed E-state index contributed by atoms with van der Waals surface area (Å²) in [4.78, 5) is 3.21. The van der Waals surface area contributed by atoms with Gasteiger partial charge in [-0.25, -0.2) is 0 Å². The van der Waals surface area contributed by atoms with Gasteiger partial charge in [0.15, 0.2) is 0 Å². The van der Waals surface area contributed by atoms with Crippen LogP contribution < -0.4 is 5.32 Å². The summed E-state index contributed by atoms with van der Waals surface area (Å²) in [6, 6.07) is 3.12. The van der Waals surface area contributed by atoms with Crippen LogP contribution in [0.1, 0.15) is 41.5 Å². The van der Waals surface area contributed by atoms with Gasteiger partial charge in [-0.2, -0.15) is 0 Å². The molecule has 4 rings (SSSR count). The molecule has 4 unspecified atom stereocenters. The zero-order chi connectivity index (χ0) is 12.8. The first-order valence-electron chi connectivity index (χ1n) is 7.82. The topological polar surface area (TPSA) is 12.0 Å². The minimum atomic E-state index is 0.664. The third kappa shape index (κ3) is 2.19. The van der Waals surface area contributed by atoms with E-state index in [1.54, 1.807) is 15.3 Å². The number of rotatable bonds is 4. The van der Waals surface area contributed by atoms with Crippen molar-refractivity contribution < 1.29 is 0 Å². The molecule has 1 nitrogen and oxygen atoms in total. The molecule has 3 aliphatic carbocycles. The minimum Gasteiger partial charge on any atom is -0.309 e. The third-order valence-electron chi connectivity index (χ3n) is 5.37. The van der Waals surface area contributed by atoms with E-state index in [1.807, 2.05) is 11.3 Å². The van der Waals surface area contributed by atoms with E-state index in [1.165, 1.54) is 32.1 Å². The Kier molecular flexibility index (Phi) is 3.04. The van der Waals surface area contributed by atoms with Gasteiger partial charge in [0, 0.05) is 22.3 Å². The molecule has 19 heavy (non-hydrogen) atoms. The van der Waals surface area contributed by atoms with E-state index in [2.05, 4.69) is 30.5 Å². The largest absolute Gasteiger partial charge is 0.309 e. The minimum absolute atomic E-state index is 0.664. The molecule has 2 heteroatoms. The average molecular weight is 273 g/mol. The van der Waals surface area contributed by atoms with Crippen molar-refractivity contribution in [2.75, 3.05) is 0 Å². The summed E-state index contributed by atoms with van der Waals surface area (Å²) in [5.41, 5.74) is 1.64. The van der Waals surface area contributed by atoms with Gasteiger partial charge < -0.3 is 5.32 Å². The highest BCUT2D eigenvalue weighted by Gasteiger charge is 2.38. The van der Waals surface area contributed by atoms with Crippen LogP contribution in [-0.4, -0.2) is 6.04 Å². The fourth-order valence-corrected chi connectivity index (χ4v) is 5.50. The molecule has 0 radical (unpaired) electrons. The highest BCUT2D eigenvalue weighted by atomic mass is 32.1. The number of hydrogen-bond donors (Lipinski definition) is 1. The molecule has 0 amide bonds. The lowest BCUT2D eigenvalue weighted by atomic mass is 9.87. The van der Waals surface area contributed by atoms with Gasteiger partial charge in [-0.3, -0.25) is 0 Å². The SMILES string of the molecule is CC(NCc1cc2c(s1)CCC2)C1CC2C=CC1C2. The first-order valence-corrected chi connectivity index (χ1v) is 8.63. The highest BCUT2D eigenvalue weighted by Crippen LogP contribution is 2.44. The molecular weight excluding hydrogens is 250 g/mol. The summed E-state index contributed by atoms with van der Waals surface area (Å²) in [6.07, 6.45) is 11.8. The smallest absolute Gasteiger partial charge is 0.0302 e. The summed E-state index contributed by atoms with van der Waals surface area (Å²) in [5.74, 6) is 2.63. The van der Waals surface area contributed by atoms with Gasteiger partial charge in [-0.15, -0.1) is 11.3 Å². The number of nitrogens with one attached hydrogen (secondary N) is 1. The molecule has 102 valence electrons. The van der Waals surface area contributed by atoms with Crippen molar-refractivity contribution in [3.05, 3.63) is 33.5 Å². The van der Waals surface area contributed by atoms with Crippen molar-refractivity contribution in [3.63, 3.8) is 0 Å². The van der Waals surface area contributed by atoms with Crippen LogP contribution in [0.4, 0.5) is 0 Å². The van der Waals surface area contributed by atoms with Crippen LogP contribution in [0.25, 0.3) is 0 Å². The van der Waals surface area contributed by atoms with Crippen LogP contribution in [0.15, 0.2) is 18.2 Å². The fourth-order valence-electron chi connectivity index (χ4n) is 4.29. The summed E-state index contributed by atoms with van der Waals surface area (Å²) in [6.45, 7) is 3.47. The Hall–Kier alpha value is -0.600. The van der Waals surface area contributed by atoms with E-state index in [0.717, 1.165) is 24.3 Å². The van der Waals surface area contributed by atoms with Crippen molar-refractivity contribution in [2.24, 2.45) is 17.8 Å². The Labute approximate surface area is 120 Å². The van der Waals surface area contributed by atoms with Gasteiger partial charge in [-0.05, 0) is 68.4 Å². The van der Waals surface area contributed by atoms with E-state index in [-0.39, 0.29) is 0 Å². The first-order chi connectivity index (χ1) is 9.29. The predicted molar refractivity (Wildman–Crippen MR) is 81.5 cm³/mol. The summed E-state index contributed by atoms with van der Waals surface area (Å²) >= 11 is 2.05. The van der Waals surface area contributed by atoms with E-state index in [9.17, 15) is 0 Å². The summed E-state index contributed by atoms with van der Waals surface area (Å²) in [5, 5.41) is 3.79. The Morgan fingerprint density at radius 1 is 1.32 bits per heavy atom. The maximum atomic E-state index is 3.79. The van der Waals surface area contributed by atoms with Crippen molar-refractivity contribution in [3.8, 4) is 0 Å². The Balaban J connectivity index is 1.35. The van der Waals surface area contributed by atoms with Gasteiger partial charge >= 0.3 is 0 Å². The Morgan fingerprint density at radius 3 is 3.00 bits per heavy atom. The zero-order valence-corrected chi connectivity index (χ0v) is 12.5. The van der Waals surface area contributed by atoms with Crippen molar-refractivity contribution in [1.29, 1.82) is 0 Å². The van der Waals surface area contributed by atoms with Crippen LogP contribution in [0.2, 0.25) is 0 Å². The van der Waals surface area contributed by atoms with Crippen molar-refractivity contribution in [1.82, 2.24) is 5.32 Å².